The molecule has 0 spiro atoms. The summed E-state index contributed by atoms with van der Waals surface area (Å²) in [5, 5.41) is 11.4. The summed E-state index contributed by atoms with van der Waals surface area (Å²) in [5.41, 5.74) is 0. The van der Waals surface area contributed by atoms with Crippen molar-refractivity contribution < 1.29 is 19.1 Å². The second-order valence-electron chi connectivity index (χ2n) is 4.07. The fourth-order valence-electron chi connectivity index (χ4n) is 1.61. The Kier molecular flexibility index (Phi) is 6.35. The van der Waals surface area contributed by atoms with Crippen LogP contribution in [0.2, 0.25) is 0 Å². The van der Waals surface area contributed by atoms with Crippen molar-refractivity contribution in [3.8, 4) is 0 Å². The van der Waals surface area contributed by atoms with E-state index in [9.17, 15) is 9.59 Å². The number of carboxylic acid groups (broad SMARTS) is 1. The summed E-state index contributed by atoms with van der Waals surface area (Å²) in [4.78, 5) is 22.3. The zero-order valence-corrected chi connectivity index (χ0v) is 12.1. The van der Waals surface area contributed by atoms with Crippen molar-refractivity contribution in [2.45, 2.75) is 32.2 Å². The maximum atomic E-state index is 11.6. The average Bonchev–Trinajstić information content (AvgIpc) is 2.72. The van der Waals surface area contributed by atoms with E-state index in [1.54, 1.807) is 12.1 Å². The molecule has 1 amide bonds. The molecule has 104 valence electrons. The third-order valence-corrected chi connectivity index (χ3v) is 2.82. The number of rotatable bonds is 7. The van der Waals surface area contributed by atoms with Crippen LogP contribution in [0.15, 0.2) is 27.3 Å². The van der Waals surface area contributed by atoms with E-state index in [1.165, 1.54) is 12.2 Å². The van der Waals surface area contributed by atoms with Crippen LogP contribution in [0.25, 0.3) is 6.08 Å². The minimum Gasteiger partial charge on any atom is -0.481 e. The maximum absolute atomic E-state index is 11.6. The van der Waals surface area contributed by atoms with Gasteiger partial charge in [-0.3, -0.25) is 9.59 Å². The van der Waals surface area contributed by atoms with Crippen LogP contribution in [0, 0.1) is 0 Å². The van der Waals surface area contributed by atoms with Crippen LogP contribution in [-0.4, -0.2) is 23.0 Å². The number of amides is 1. The molecule has 0 fully saturated rings. The van der Waals surface area contributed by atoms with E-state index in [0.29, 0.717) is 16.9 Å². The summed E-state index contributed by atoms with van der Waals surface area (Å²) in [6.45, 7) is 1.94. The third-order valence-electron chi connectivity index (χ3n) is 2.40. The molecule has 1 heterocycles. The number of carbonyl (C=O) groups excluding carboxylic acids is 1. The van der Waals surface area contributed by atoms with Gasteiger partial charge in [-0.05, 0) is 40.6 Å². The number of carboxylic acids is 1. The van der Waals surface area contributed by atoms with Gasteiger partial charge in [0.2, 0.25) is 5.91 Å². The van der Waals surface area contributed by atoms with Gasteiger partial charge >= 0.3 is 5.97 Å². The second kappa shape index (κ2) is 7.78. The molecule has 1 aromatic heterocycles. The predicted molar refractivity (Wildman–Crippen MR) is 74.5 cm³/mol. The van der Waals surface area contributed by atoms with E-state index in [-0.39, 0.29) is 18.4 Å². The molecule has 2 N–H and O–H groups in total. The lowest BCUT2D eigenvalue weighted by molar-refractivity contribution is -0.137. The summed E-state index contributed by atoms with van der Waals surface area (Å²) in [7, 11) is 0. The van der Waals surface area contributed by atoms with Crippen LogP contribution in [0.1, 0.15) is 31.9 Å². The number of carbonyl (C=O) groups is 2. The van der Waals surface area contributed by atoms with Gasteiger partial charge in [-0.15, -0.1) is 0 Å². The Morgan fingerprint density at radius 1 is 1.53 bits per heavy atom. The van der Waals surface area contributed by atoms with Gasteiger partial charge in [-0.2, -0.15) is 0 Å². The number of furan rings is 1. The van der Waals surface area contributed by atoms with E-state index >= 15 is 0 Å². The lowest BCUT2D eigenvalue weighted by atomic mass is 10.1. The normalized spacial score (nSPS) is 12.5. The Bertz CT molecular complexity index is 467. The Morgan fingerprint density at radius 2 is 2.26 bits per heavy atom. The smallest absolute Gasteiger partial charge is 0.305 e. The van der Waals surface area contributed by atoms with E-state index in [0.717, 1.165) is 6.42 Å². The number of halogens is 1. The molecule has 1 aromatic rings. The molecule has 0 saturated heterocycles. The minimum atomic E-state index is -0.919. The van der Waals surface area contributed by atoms with Crippen LogP contribution in [0.4, 0.5) is 0 Å². The fraction of sp³-hybridized carbons (Fsp3) is 0.385. The van der Waals surface area contributed by atoms with Crippen molar-refractivity contribution in [2.24, 2.45) is 0 Å². The van der Waals surface area contributed by atoms with Gasteiger partial charge < -0.3 is 14.8 Å². The van der Waals surface area contributed by atoms with Crippen LogP contribution in [0.5, 0.6) is 0 Å². The van der Waals surface area contributed by atoms with Crippen molar-refractivity contribution >= 4 is 33.9 Å². The molecule has 0 bridgehead atoms. The number of nitrogens with one attached hydrogen (secondary N) is 1. The van der Waals surface area contributed by atoms with Gasteiger partial charge in [0.15, 0.2) is 4.67 Å². The molecule has 0 saturated carbocycles. The Hall–Kier alpha value is -1.56. The monoisotopic (exact) mass is 329 g/mol. The van der Waals surface area contributed by atoms with E-state index < -0.39 is 5.97 Å². The van der Waals surface area contributed by atoms with Crippen LogP contribution in [0.3, 0.4) is 0 Å². The lowest BCUT2D eigenvalue weighted by Gasteiger charge is -2.14. The van der Waals surface area contributed by atoms with Gasteiger partial charge in [0, 0.05) is 12.1 Å². The molecule has 0 radical (unpaired) electrons. The lowest BCUT2D eigenvalue weighted by Crippen LogP contribution is -2.35. The summed E-state index contributed by atoms with van der Waals surface area (Å²) < 4.78 is 5.79. The van der Waals surface area contributed by atoms with Gasteiger partial charge in [-0.1, -0.05) is 13.3 Å². The maximum Gasteiger partial charge on any atom is 0.305 e. The second-order valence-corrected chi connectivity index (χ2v) is 4.85. The molecule has 1 unspecified atom stereocenters. The van der Waals surface area contributed by atoms with Gasteiger partial charge in [-0.25, -0.2) is 0 Å². The first kappa shape index (κ1) is 15.5. The predicted octanol–water partition coefficient (Wildman–Crippen LogP) is 2.81. The first-order valence-electron chi connectivity index (χ1n) is 5.97. The summed E-state index contributed by atoms with van der Waals surface area (Å²) >= 11 is 3.16. The molecule has 5 nitrogen and oxygen atoms in total. The van der Waals surface area contributed by atoms with Gasteiger partial charge in [0.25, 0.3) is 0 Å². The Balaban J connectivity index is 2.52. The molecule has 6 heteroatoms. The summed E-state index contributed by atoms with van der Waals surface area (Å²) in [5.74, 6) is -0.697. The van der Waals surface area contributed by atoms with Crippen molar-refractivity contribution in [1.82, 2.24) is 5.32 Å². The van der Waals surface area contributed by atoms with Crippen LogP contribution in [-0.2, 0) is 9.59 Å². The van der Waals surface area contributed by atoms with Gasteiger partial charge in [0.05, 0.1) is 6.42 Å². The minimum absolute atomic E-state index is 0.0697. The highest BCUT2D eigenvalue weighted by atomic mass is 79.9. The molecule has 0 aliphatic carbocycles. The van der Waals surface area contributed by atoms with Crippen molar-refractivity contribution in [3.05, 3.63) is 28.6 Å². The first-order chi connectivity index (χ1) is 9.01. The number of hydrogen-bond donors (Lipinski definition) is 2. The van der Waals surface area contributed by atoms with Crippen molar-refractivity contribution in [3.63, 3.8) is 0 Å². The molecule has 1 rings (SSSR count). The Labute approximate surface area is 119 Å². The van der Waals surface area contributed by atoms with Crippen molar-refractivity contribution in [1.29, 1.82) is 0 Å². The average molecular weight is 330 g/mol. The highest BCUT2D eigenvalue weighted by molar-refractivity contribution is 9.10. The molecule has 0 aliphatic rings. The van der Waals surface area contributed by atoms with E-state index in [1.807, 2.05) is 6.92 Å². The van der Waals surface area contributed by atoms with E-state index in [2.05, 4.69) is 21.2 Å². The standard InChI is InChI=1S/C13H16BrNO4/c1-2-3-9(8-13(17)18)15-12(16)7-5-10-4-6-11(14)19-10/h4-7,9H,2-3,8H2,1H3,(H,15,16)(H,17,18)/b7-5+. The zero-order valence-electron chi connectivity index (χ0n) is 10.6. The van der Waals surface area contributed by atoms with E-state index in [4.69, 9.17) is 9.52 Å². The quantitative estimate of drug-likeness (QED) is 0.754. The van der Waals surface area contributed by atoms with Crippen LogP contribution >= 0.6 is 15.9 Å². The summed E-state index contributed by atoms with van der Waals surface area (Å²) in [6.07, 6.45) is 4.24. The van der Waals surface area contributed by atoms with Crippen LogP contribution < -0.4 is 5.32 Å². The number of hydrogen-bond acceptors (Lipinski definition) is 3. The fourth-order valence-corrected chi connectivity index (χ4v) is 1.93. The molecule has 19 heavy (non-hydrogen) atoms. The highest BCUT2D eigenvalue weighted by Crippen LogP contribution is 2.14. The molecular weight excluding hydrogens is 314 g/mol. The Morgan fingerprint density at radius 3 is 2.79 bits per heavy atom. The molecule has 0 aliphatic heterocycles. The third kappa shape index (κ3) is 6.24. The topological polar surface area (TPSA) is 79.5 Å². The molecule has 0 aromatic carbocycles. The summed E-state index contributed by atoms with van der Waals surface area (Å²) in [6, 6.07) is 3.10. The number of aliphatic carboxylic acids is 1. The SMILES string of the molecule is CCCC(CC(=O)O)NC(=O)/C=C/c1ccc(Br)o1. The molecular formula is C13H16BrNO4. The van der Waals surface area contributed by atoms with Gasteiger partial charge in [0.1, 0.15) is 5.76 Å². The van der Waals surface area contributed by atoms with Crippen molar-refractivity contribution in [2.75, 3.05) is 0 Å². The highest BCUT2D eigenvalue weighted by Gasteiger charge is 2.13. The zero-order chi connectivity index (χ0) is 14.3. The molecule has 1 atom stereocenters. The first-order valence-corrected chi connectivity index (χ1v) is 6.76. The largest absolute Gasteiger partial charge is 0.481 e.